The van der Waals surface area contributed by atoms with Crippen LogP contribution in [-0.4, -0.2) is 25.9 Å². The molecule has 1 aromatic rings. The number of rotatable bonds is 7. The van der Waals surface area contributed by atoms with Crippen LogP contribution < -0.4 is 10.1 Å². The summed E-state index contributed by atoms with van der Waals surface area (Å²) in [6, 6.07) is 9.85. The number of nitrogens with zero attached hydrogens (tertiary/aromatic N) is 1. The van der Waals surface area contributed by atoms with Gasteiger partial charge in [0, 0.05) is 25.3 Å². The van der Waals surface area contributed by atoms with Crippen molar-refractivity contribution in [3.63, 3.8) is 0 Å². The fraction of sp³-hybridized carbons (Fsp3) is 0.562. The molecule has 1 heterocycles. The Bertz CT molecular complexity index is 456. The van der Waals surface area contributed by atoms with Gasteiger partial charge in [0.15, 0.2) is 6.61 Å². The maximum absolute atomic E-state index is 8.59. The zero-order valence-electron chi connectivity index (χ0n) is 12.0. The maximum Gasteiger partial charge on any atom is 0.174 e. The summed E-state index contributed by atoms with van der Waals surface area (Å²) in [5.74, 6) is 1.39. The van der Waals surface area contributed by atoms with Gasteiger partial charge in [-0.2, -0.15) is 5.26 Å². The Balaban J connectivity index is 1.83. The predicted octanol–water partition coefficient (Wildman–Crippen LogP) is 2.49. The molecule has 1 fully saturated rings. The standard InChI is InChI=1S/C16H22N2O2/c1-2-15-14(7-9-19-15)12-18-11-13-5-3-4-6-16(13)20-10-8-17/h3-6,14-15,18H,2,7,9-12H2,1H3. The normalized spacial score (nSPS) is 21.6. The Morgan fingerprint density at radius 1 is 1.45 bits per heavy atom. The van der Waals surface area contributed by atoms with Crippen LogP contribution in [0, 0.1) is 17.2 Å². The molecule has 1 N–H and O–H groups in total. The first-order valence-electron chi connectivity index (χ1n) is 7.25. The van der Waals surface area contributed by atoms with E-state index in [-0.39, 0.29) is 6.61 Å². The summed E-state index contributed by atoms with van der Waals surface area (Å²) in [5, 5.41) is 12.1. The van der Waals surface area contributed by atoms with Crippen LogP contribution in [0.25, 0.3) is 0 Å². The summed E-state index contributed by atoms with van der Waals surface area (Å²) < 4.78 is 11.1. The van der Waals surface area contributed by atoms with Gasteiger partial charge in [0.25, 0.3) is 0 Å². The lowest BCUT2D eigenvalue weighted by atomic mass is 9.99. The summed E-state index contributed by atoms with van der Waals surface area (Å²) >= 11 is 0. The third kappa shape index (κ3) is 3.96. The zero-order valence-corrected chi connectivity index (χ0v) is 12.0. The molecule has 0 aliphatic carbocycles. The van der Waals surface area contributed by atoms with Crippen LogP contribution in [-0.2, 0) is 11.3 Å². The quantitative estimate of drug-likeness (QED) is 0.830. The average molecular weight is 274 g/mol. The minimum atomic E-state index is 0.0887. The van der Waals surface area contributed by atoms with Crippen molar-refractivity contribution in [2.45, 2.75) is 32.4 Å². The van der Waals surface area contributed by atoms with Crippen molar-refractivity contribution in [3.05, 3.63) is 29.8 Å². The average Bonchev–Trinajstić information content (AvgIpc) is 2.94. The first kappa shape index (κ1) is 14.8. The van der Waals surface area contributed by atoms with Gasteiger partial charge in [0.1, 0.15) is 11.8 Å². The lowest BCUT2D eigenvalue weighted by Crippen LogP contribution is -2.28. The van der Waals surface area contributed by atoms with Gasteiger partial charge in [0.2, 0.25) is 0 Å². The molecular formula is C16H22N2O2. The van der Waals surface area contributed by atoms with Crippen molar-refractivity contribution in [3.8, 4) is 11.8 Å². The highest BCUT2D eigenvalue weighted by Gasteiger charge is 2.25. The Kier molecular flexibility index (Phi) is 5.85. The van der Waals surface area contributed by atoms with Gasteiger partial charge in [-0.15, -0.1) is 0 Å². The van der Waals surface area contributed by atoms with Gasteiger partial charge in [-0.3, -0.25) is 0 Å². The molecule has 2 atom stereocenters. The van der Waals surface area contributed by atoms with Crippen molar-refractivity contribution in [1.29, 1.82) is 5.26 Å². The van der Waals surface area contributed by atoms with Gasteiger partial charge in [-0.1, -0.05) is 25.1 Å². The molecule has 108 valence electrons. The maximum atomic E-state index is 8.59. The summed E-state index contributed by atoms with van der Waals surface area (Å²) in [5.41, 5.74) is 1.09. The highest BCUT2D eigenvalue weighted by Crippen LogP contribution is 2.23. The van der Waals surface area contributed by atoms with E-state index in [0.717, 1.165) is 43.9 Å². The van der Waals surface area contributed by atoms with Crippen LogP contribution in [0.2, 0.25) is 0 Å². The third-order valence-corrected chi connectivity index (χ3v) is 3.74. The molecule has 1 saturated heterocycles. The third-order valence-electron chi connectivity index (χ3n) is 3.74. The fourth-order valence-corrected chi connectivity index (χ4v) is 2.67. The van der Waals surface area contributed by atoms with Crippen LogP contribution in [0.5, 0.6) is 5.75 Å². The SMILES string of the molecule is CCC1OCCC1CNCc1ccccc1OCC#N. The van der Waals surface area contributed by atoms with Gasteiger partial charge in [0.05, 0.1) is 6.10 Å². The largest absolute Gasteiger partial charge is 0.478 e. The number of hydrogen-bond acceptors (Lipinski definition) is 4. The van der Waals surface area contributed by atoms with Crippen molar-refractivity contribution < 1.29 is 9.47 Å². The van der Waals surface area contributed by atoms with Crippen molar-refractivity contribution >= 4 is 0 Å². The number of hydrogen-bond donors (Lipinski definition) is 1. The van der Waals surface area contributed by atoms with E-state index in [1.54, 1.807) is 0 Å². The number of ether oxygens (including phenoxy) is 2. The minimum absolute atomic E-state index is 0.0887. The van der Waals surface area contributed by atoms with Gasteiger partial charge in [-0.05, 0) is 24.8 Å². The molecule has 0 aromatic heterocycles. The van der Waals surface area contributed by atoms with Crippen LogP contribution in [0.3, 0.4) is 0 Å². The van der Waals surface area contributed by atoms with Gasteiger partial charge in [-0.25, -0.2) is 0 Å². The summed E-state index contributed by atoms with van der Waals surface area (Å²) in [6.45, 7) is 4.87. The lowest BCUT2D eigenvalue weighted by Gasteiger charge is -2.18. The molecule has 1 aliphatic heterocycles. The Hall–Kier alpha value is -1.57. The highest BCUT2D eigenvalue weighted by atomic mass is 16.5. The van der Waals surface area contributed by atoms with Crippen molar-refractivity contribution in [1.82, 2.24) is 5.32 Å². The van der Waals surface area contributed by atoms with Crippen molar-refractivity contribution in [2.24, 2.45) is 5.92 Å². The van der Waals surface area contributed by atoms with E-state index in [0.29, 0.717) is 12.0 Å². The molecule has 1 aromatic carbocycles. The zero-order chi connectivity index (χ0) is 14.2. The molecule has 1 aliphatic rings. The second-order valence-electron chi connectivity index (χ2n) is 5.05. The topological polar surface area (TPSA) is 54.3 Å². The Morgan fingerprint density at radius 2 is 2.30 bits per heavy atom. The number of benzene rings is 1. The molecule has 4 nitrogen and oxygen atoms in total. The first-order valence-corrected chi connectivity index (χ1v) is 7.25. The molecule has 2 unspecified atom stereocenters. The smallest absolute Gasteiger partial charge is 0.174 e. The molecule has 0 saturated carbocycles. The highest BCUT2D eigenvalue weighted by molar-refractivity contribution is 5.33. The van der Waals surface area contributed by atoms with E-state index >= 15 is 0 Å². The molecule has 20 heavy (non-hydrogen) atoms. The monoisotopic (exact) mass is 274 g/mol. The molecule has 2 rings (SSSR count). The van der Waals surface area contributed by atoms with E-state index in [1.165, 1.54) is 0 Å². The van der Waals surface area contributed by atoms with E-state index in [2.05, 4.69) is 12.2 Å². The van der Waals surface area contributed by atoms with Crippen LogP contribution in [0.15, 0.2) is 24.3 Å². The fourth-order valence-electron chi connectivity index (χ4n) is 2.67. The van der Waals surface area contributed by atoms with Gasteiger partial charge < -0.3 is 14.8 Å². The van der Waals surface area contributed by atoms with Gasteiger partial charge >= 0.3 is 0 Å². The van der Waals surface area contributed by atoms with E-state index in [1.807, 2.05) is 30.3 Å². The molecule has 4 heteroatoms. The van der Waals surface area contributed by atoms with Crippen LogP contribution >= 0.6 is 0 Å². The summed E-state index contributed by atoms with van der Waals surface area (Å²) in [6.07, 6.45) is 2.61. The Labute approximate surface area is 120 Å². The number of nitriles is 1. The van der Waals surface area contributed by atoms with E-state index in [9.17, 15) is 0 Å². The summed E-state index contributed by atoms with van der Waals surface area (Å²) in [4.78, 5) is 0. The van der Waals surface area contributed by atoms with Crippen molar-refractivity contribution in [2.75, 3.05) is 19.8 Å². The number of para-hydroxylation sites is 1. The molecular weight excluding hydrogens is 252 g/mol. The van der Waals surface area contributed by atoms with Crippen LogP contribution in [0.1, 0.15) is 25.3 Å². The molecule has 0 bridgehead atoms. The molecule has 0 spiro atoms. The second kappa shape index (κ2) is 7.88. The number of nitrogens with one attached hydrogen (secondary N) is 1. The predicted molar refractivity (Wildman–Crippen MR) is 77.4 cm³/mol. The molecule has 0 amide bonds. The van der Waals surface area contributed by atoms with Crippen LogP contribution in [0.4, 0.5) is 0 Å². The Morgan fingerprint density at radius 3 is 3.10 bits per heavy atom. The lowest BCUT2D eigenvalue weighted by molar-refractivity contribution is 0.0872. The minimum Gasteiger partial charge on any atom is -0.478 e. The second-order valence-corrected chi connectivity index (χ2v) is 5.05. The van der Waals surface area contributed by atoms with E-state index < -0.39 is 0 Å². The first-order chi connectivity index (χ1) is 9.85. The van der Waals surface area contributed by atoms with E-state index in [4.69, 9.17) is 14.7 Å². The summed E-state index contributed by atoms with van der Waals surface area (Å²) in [7, 11) is 0. The molecule has 0 radical (unpaired) electrons.